The van der Waals surface area contributed by atoms with Gasteiger partial charge in [0.2, 0.25) is 5.76 Å². The first-order valence-corrected chi connectivity index (χ1v) is 8.17. The maximum absolute atomic E-state index is 12.1. The number of ether oxygens (including phenoxy) is 2. The number of nitrogens with zero attached hydrogens (tertiary/aromatic N) is 2. The molecule has 0 saturated carbocycles. The third-order valence-corrected chi connectivity index (χ3v) is 4.17. The molecule has 3 aromatic rings. The average Bonchev–Trinajstić information content (AvgIpc) is 3.23. The van der Waals surface area contributed by atoms with Crippen molar-refractivity contribution in [3.63, 3.8) is 0 Å². The third kappa shape index (κ3) is 2.83. The van der Waals surface area contributed by atoms with Crippen LogP contribution in [0, 0.1) is 6.92 Å². The zero-order chi connectivity index (χ0) is 16.5. The molecule has 0 saturated heterocycles. The smallest absolute Gasteiger partial charge is 0.296 e. The molecule has 0 aliphatic carbocycles. The van der Waals surface area contributed by atoms with Gasteiger partial charge in [0.1, 0.15) is 13.2 Å². The van der Waals surface area contributed by atoms with E-state index in [0.717, 1.165) is 17.0 Å². The minimum Gasteiger partial charge on any atom is -0.486 e. The van der Waals surface area contributed by atoms with Gasteiger partial charge in [-0.15, -0.1) is 11.3 Å². The normalized spacial score (nSPS) is 12.9. The summed E-state index contributed by atoms with van der Waals surface area (Å²) in [5.41, 5.74) is 2.30. The Morgan fingerprint density at radius 2 is 2.04 bits per heavy atom. The van der Waals surface area contributed by atoms with E-state index >= 15 is 0 Å². The quantitative estimate of drug-likeness (QED) is 0.786. The van der Waals surface area contributed by atoms with Crippen molar-refractivity contribution in [3.8, 4) is 22.8 Å². The Kier molecular flexibility index (Phi) is 3.66. The van der Waals surface area contributed by atoms with Crippen LogP contribution in [0.25, 0.3) is 11.3 Å². The predicted molar refractivity (Wildman–Crippen MR) is 87.7 cm³/mol. The van der Waals surface area contributed by atoms with Crippen LogP contribution in [0.3, 0.4) is 0 Å². The van der Waals surface area contributed by atoms with Crippen molar-refractivity contribution in [3.05, 3.63) is 41.1 Å². The molecule has 3 heterocycles. The molecular weight excluding hydrogens is 330 g/mol. The fraction of sp³-hybridized carbons (Fsp3) is 0.188. The number of amides is 1. The summed E-state index contributed by atoms with van der Waals surface area (Å²) in [5, 5.41) is 8.75. The minimum atomic E-state index is -0.376. The van der Waals surface area contributed by atoms with Gasteiger partial charge in [0.05, 0.1) is 11.4 Å². The topological polar surface area (TPSA) is 86.5 Å². The van der Waals surface area contributed by atoms with E-state index in [1.165, 1.54) is 11.3 Å². The number of rotatable bonds is 3. The largest absolute Gasteiger partial charge is 0.486 e. The van der Waals surface area contributed by atoms with E-state index in [0.29, 0.717) is 29.8 Å². The fourth-order valence-corrected chi connectivity index (χ4v) is 3.01. The molecular formula is C16H13N3O4S. The van der Waals surface area contributed by atoms with E-state index in [1.54, 1.807) is 13.0 Å². The van der Waals surface area contributed by atoms with Gasteiger partial charge in [0, 0.05) is 17.0 Å². The number of nitrogens with one attached hydrogen (secondary N) is 1. The highest BCUT2D eigenvalue weighted by molar-refractivity contribution is 7.14. The zero-order valence-corrected chi connectivity index (χ0v) is 13.6. The molecule has 4 rings (SSSR count). The second-order valence-electron chi connectivity index (χ2n) is 5.18. The molecule has 0 spiro atoms. The molecule has 0 bridgehead atoms. The van der Waals surface area contributed by atoms with E-state index in [1.807, 2.05) is 23.6 Å². The molecule has 1 aromatic carbocycles. The number of anilines is 1. The number of carbonyl (C=O) groups is 1. The Morgan fingerprint density at radius 3 is 2.83 bits per heavy atom. The first kappa shape index (κ1) is 14.7. The van der Waals surface area contributed by atoms with Crippen LogP contribution in [0.15, 0.2) is 34.2 Å². The van der Waals surface area contributed by atoms with E-state index in [2.05, 4.69) is 15.5 Å². The molecule has 24 heavy (non-hydrogen) atoms. The fourth-order valence-electron chi connectivity index (χ4n) is 2.30. The molecule has 0 atom stereocenters. The Hall–Kier alpha value is -2.87. The van der Waals surface area contributed by atoms with Gasteiger partial charge in [-0.1, -0.05) is 5.16 Å². The number of carbonyl (C=O) groups excluding carboxylic acids is 1. The number of aryl methyl sites for hydroxylation is 1. The van der Waals surface area contributed by atoms with Crippen LogP contribution < -0.4 is 14.8 Å². The van der Waals surface area contributed by atoms with Crippen LogP contribution in [-0.4, -0.2) is 29.3 Å². The molecule has 1 amide bonds. The summed E-state index contributed by atoms with van der Waals surface area (Å²) in [6, 6.07) is 7.23. The molecule has 2 aromatic heterocycles. The summed E-state index contributed by atoms with van der Waals surface area (Å²) in [5.74, 6) is 1.21. The van der Waals surface area contributed by atoms with Crippen molar-refractivity contribution in [1.29, 1.82) is 0 Å². The van der Waals surface area contributed by atoms with Crippen LogP contribution in [-0.2, 0) is 0 Å². The molecule has 0 radical (unpaired) electrons. The molecule has 1 aliphatic rings. The second-order valence-corrected chi connectivity index (χ2v) is 6.04. The monoisotopic (exact) mass is 343 g/mol. The molecule has 1 aliphatic heterocycles. The van der Waals surface area contributed by atoms with E-state index in [-0.39, 0.29) is 11.7 Å². The highest BCUT2D eigenvalue weighted by Crippen LogP contribution is 2.35. The Labute approximate surface area is 141 Å². The minimum absolute atomic E-state index is 0.156. The van der Waals surface area contributed by atoms with Gasteiger partial charge in [0.25, 0.3) is 5.91 Å². The summed E-state index contributed by atoms with van der Waals surface area (Å²) < 4.78 is 16.0. The van der Waals surface area contributed by atoms with Crippen molar-refractivity contribution < 1.29 is 18.8 Å². The van der Waals surface area contributed by atoms with Crippen molar-refractivity contribution in [2.75, 3.05) is 18.5 Å². The number of aromatic nitrogens is 2. The molecule has 122 valence electrons. The Balaban J connectivity index is 1.53. The first-order valence-electron chi connectivity index (χ1n) is 7.29. The molecule has 0 fully saturated rings. The van der Waals surface area contributed by atoms with Gasteiger partial charge in [-0.3, -0.25) is 10.1 Å². The Bertz CT molecular complexity index is 902. The number of hydrogen-bond donors (Lipinski definition) is 1. The van der Waals surface area contributed by atoms with Gasteiger partial charge in [0.15, 0.2) is 16.6 Å². The molecule has 8 heteroatoms. The molecule has 0 unspecified atom stereocenters. The highest BCUT2D eigenvalue weighted by Gasteiger charge is 2.16. The summed E-state index contributed by atoms with van der Waals surface area (Å²) in [7, 11) is 0. The second kappa shape index (κ2) is 5.97. The first-order chi connectivity index (χ1) is 11.7. The summed E-state index contributed by atoms with van der Waals surface area (Å²) in [6.45, 7) is 2.84. The van der Waals surface area contributed by atoms with Crippen LogP contribution in [0.2, 0.25) is 0 Å². The van der Waals surface area contributed by atoms with Gasteiger partial charge >= 0.3 is 0 Å². The van der Waals surface area contributed by atoms with Crippen molar-refractivity contribution in [2.24, 2.45) is 0 Å². The average molecular weight is 343 g/mol. The van der Waals surface area contributed by atoms with E-state index < -0.39 is 0 Å². The van der Waals surface area contributed by atoms with E-state index in [9.17, 15) is 4.79 Å². The highest BCUT2D eigenvalue weighted by atomic mass is 32.1. The van der Waals surface area contributed by atoms with Crippen LogP contribution in [0.4, 0.5) is 5.13 Å². The Morgan fingerprint density at radius 1 is 1.21 bits per heavy atom. The number of benzene rings is 1. The molecule has 7 nitrogen and oxygen atoms in total. The van der Waals surface area contributed by atoms with Crippen LogP contribution in [0.5, 0.6) is 11.5 Å². The zero-order valence-electron chi connectivity index (χ0n) is 12.7. The van der Waals surface area contributed by atoms with Crippen molar-refractivity contribution >= 4 is 22.4 Å². The number of hydrogen-bond acceptors (Lipinski definition) is 7. The predicted octanol–water partition coefficient (Wildman–Crippen LogP) is 3.13. The van der Waals surface area contributed by atoms with Crippen molar-refractivity contribution in [2.45, 2.75) is 6.92 Å². The lowest BCUT2D eigenvalue weighted by atomic mass is 10.1. The standard InChI is InChI=1S/C16H13N3O4S/c1-9-6-14(23-19-9)15(20)18-16-17-11(8-24-16)10-2-3-12-13(7-10)22-5-4-21-12/h2-3,6-8H,4-5H2,1H3,(H,17,18,20). The lowest BCUT2D eigenvalue weighted by Crippen LogP contribution is -2.15. The third-order valence-electron chi connectivity index (χ3n) is 3.41. The summed E-state index contributed by atoms with van der Waals surface area (Å²) in [4.78, 5) is 16.5. The maximum Gasteiger partial charge on any atom is 0.296 e. The lowest BCUT2D eigenvalue weighted by Gasteiger charge is -2.18. The lowest BCUT2D eigenvalue weighted by molar-refractivity contribution is 0.0988. The SMILES string of the molecule is Cc1cc(C(=O)Nc2nc(-c3ccc4c(c3)OCCO4)cs2)on1. The van der Waals surface area contributed by atoms with Gasteiger partial charge < -0.3 is 14.0 Å². The number of thiazole rings is 1. The van der Waals surface area contributed by atoms with E-state index in [4.69, 9.17) is 14.0 Å². The van der Waals surface area contributed by atoms with Crippen molar-refractivity contribution in [1.82, 2.24) is 10.1 Å². The molecule has 1 N–H and O–H groups in total. The summed E-state index contributed by atoms with van der Waals surface area (Å²) in [6.07, 6.45) is 0. The van der Waals surface area contributed by atoms with Gasteiger partial charge in [-0.2, -0.15) is 0 Å². The number of fused-ring (bicyclic) bond motifs is 1. The maximum atomic E-state index is 12.1. The van der Waals surface area contributed by atoms with Gasteiger partial charge in [-0.25, -0.2) is 4.98 Å². The summed E-state index contributed by atoms with van der Waals surface area (Å²) >= 11 is 1.33. The van der Waals surface area contributed by atoms with Gasteiger partial charge in [-0.05, 0) is 25.1 Å². The van der Waals surface area contributed by atoms with Crippen LogP contribution in [0.1, 0.15) is 16.2 Å². The van der Waals surface area contributed by atoms with Crippen LogP contribution >= 0.6 is 11.3 Å².